The number of aryl methyl sites for hydroxylation is 1. The minimum absolute atomic E-state index is 0.293. The highest BCUT2D eigenvalue weighted by Crippen LogP contribution is 2.25. The number of thiophene rings is 1. The Balaban J connectivity index is 1.90. The number of rotatable bonds is 5. The van der Waals surface area contributed by atoms with E-state index in [1.165, 1.54) is 4.88 Å². The molecule has 0 amide bonds. The molecule has 0 aliphatic heterocycles. The summed E-state index contributed by atoms with van der Waals surface area (Å²) in [7, 11) is 0. The maximum Gasteiger partial charge on any atom is 0.178 e. The first-order chi connectivity index (χ1) is 9.81. The molecule has 3 aromatic rings. The van der Waals surface area contributed by atoms with Gasteiger partial charge in [-0.2, -0.15) is 4.52 Å². The van der Waals surface area contributed by atoms with Crippen molar-refractivity contribution >= 4 is 22.8 Å². The van der Waals surface area contributed by atoms with Crippen molar-refractivity contribution in [3.63, 3.8) is 0 Å². The zero-order valence-electron chi connectivity index (χ0n) is 11.6. The molecule has 0 saturated carbocycles. The van der Waals surface area contributed by atoms with Crippen LogP contribution in [0.3, 0.4) is 0 Å². The third-order valence-corrected chi connectivity index (χ3v) is 4.25. The summed E-state index contributed by atoms with van der Waals surface area (Å²) in [6.07, 6.45) is 1.84. The Morgan fingerprint density at radius 3 is 2.85 bits per heavy atom. The summed E-state index contributed by atoms with van der Waals surface area (Å²) in [5.41, 5.74) is 0.788. The molecule has 0 bridgehead atoms. The first-order valence-corrected chi connectivity index (χ1v) is 7.71. The van der Waals surface area contributed by atoms with E-state index in [0.717, 1.165) is 30.1 Å². The van der Waals surface area contributed by atoms with Gasteiger partial charge in [0.15, 0.2) is 11.5 Å². The second-order valence-corrected chi connectivity index (χ2v) is 5.56. The van der Waals surface area contributed by atoms with E-state index in [-0.39, 0.29) is 0 Å². The highest BCUT2D eigenvalue weighted by atomic mass is 32.1. The molecule has 1 atom stereocenters. The SMILES string of the molecule is CCc1nnc2ccc(NC(CC)c3cccs3)nn12. The zero-order valence-corrected chi connectivity index (χ0v) is 12.4. The normalized spacial score (nSPS) is 12.7. The van der Waals surface area contributed by atoms with Gasteiger partial charge in [-0.05, 0) is 30.0 Å². The molecule has 0 spiro atoms. The van der Waals surface area contributed by atoms with Gasteiger partial charge in [-0.3, -0.25) is 0 Å². The van der Waals surface area contributed by atoms with Crippen LogP contribution in [0.2, 0.25) is 0 Å². The highest BCUT2D eigenvalue weighted by molar-refractivity contribution is 7.10. The summed E-state index contributed by atoms with van der Waals surface area (Å²) < 4.78 is 1.81. The van der Waals surface area contributed by atoms with Crippen LogP contribution in [0.4, 0.5) is 5.82 Å². The predicted octanol–water partition coefficient (Wildman–Crippen LogP) is 3.31. The van der Waals surface area contributed by atoms with Gasteiger partial charge in [-0.1, -0.05) is 19.9 Å². The van der Waals surface area contributed by atoms with E-state index >= 15 is 0 Å². The zero-order chi connectivity index (χ0) is 13.9. The maximum absolute atomic E-state index is 4.59. The molecule has 20 heavy (non-hydrogen) atoms. The van der Waals surface area contributed by atoms with Gasteiger partial charge in [0.05, 0.1) is 6.04 Å². The summed E-state index contributed by atoms with van der Waals surface area (Å²) in [6, 6.07) is 8.43. The van der Waals surface area contributed by atoms with Gasteiger partial charge in [0, 0.05) is 11.3 Å². The molecule has 0 aromatic carbocycles. The number of nitrogens with one attached hydrogen (secondary N) is 1. The summed E-state index contributed by atoms with van der Waals surface area (Å²) in [6.45, 7) is 4.23. The largest absolute Gasteiger partial charge is 0.361 e. The molecule has 0 aliphatic carbocycles. The molecule has 104 valence electrons. The quantitative estimate of drug-likeness (QED) is 0.782. The molecular formula is C14H17N5S. The molecular weight excluding hydrogens is 270 g/mol. The molecule has 3 rings (SSSR count). The molecule has 0 radical (unpaired) electrons. The summed E-state index contributed by atoms with van der Waals surface area (Å²) >= 11 is 1.77. The molecule has 0 fully saturated rings. The van der Waals surface area contributed by atoms with Gasteiger partial charge < -0.3 is 5.32 Å². The lowest BCUT2D eigenvalue weighted by Crippen LogP contribution is -2.11. The number of hydrogen-bond donors (Lipinski definition) is 1. The van der Waals surface area contributed by atoms with Crippen molar-refractivity contribution in [2.75, 3.05) is 5.32 Å². The van der Waals surface area contributed by atoms with E-state index in [0.29, 0.717) is 6.04 Å². The summed E-state index contributed by atoms with van der Waals surface area (Å²) in [5, 5.41) is 18.4. The average molecular weight is 287 g/mol. The van der Waals surface area contributed by atoms with Crippen molar-refractivity contribution in [1.29, 1.82) is 0 Å². The topological polar surface area (TPSA) is 55.1 Å². The number of fused-ring (bicyclic) bond motifs is 1. The fourth-order valence-electron chi connectivity index (χ4n) is 2.17. The van der Waals surface area contributed by atoms with Crippen LogP contribution in [0.5, 0.6) is 0 Å². The Morgan fingerprint density at radius 1 is 1.25 bits per heavy atom. The van der Waals surface area contributed by atoms with E-state index in [1.54, 1.807) is 11.3 Å². The van der Waals surface area contributed by atoms with Crippen LogP contribution in [0.15, 0.2) is 29.6 Å². The first kappa shape index (κ1) is 13.1. The van der Waals surface area contributed by atoms with Gasteiger partial charge in [-0.15, -0.1) is 26.6 Å². The fourth-order valence-corrected chi connectivity index (χ4v) is 3.03. The van der Waals surface area contributed by atoms with Crippen molar-refractivity contribution in [2.45, 2.75) is 32.7 Å². The number of anilines is 1. The predicted molar refractivity (Wildman–Crippen MR) is 81.1 cm³/mol. The van der Waals surface area contributed by atoms with Crippen LogP contribution in [0.25, 0.3) is 5.65 Å². The van der Waals surface area contributed by atoms with Crippen LogP contribution in [-0.2, 0) is 6.42 Å². The molecule has 5 nitrogen and oxygen atoms in total. The molecule has 0 aliphatic rings. The lowest BCUT2D eigenvalue weighted by Gasteiger charge is -2.16. The molecule has 6 heteroatoms. The van der Waals surface area contributed by atoms with E-state index < -0.39 is 0 Å². The minimum Gasteiger partial charge on any atom is -0.361 e. The highest BCUT2D eigenvalue weighted by Gasteiger charge is 2.12. The lowest BCUT2D eigenvalue weighted by molar-refractivity contribution is 0.744. The van der Waals surface area contributed by atoms with Crippen molar-refractivity contribution in [3.8, 4) is 0 Å². The summed E-state index contributed by atoms with van der Waals surface area (Å²) in [5.74, 6) is 1.74. The molecule has 1 N–H and O–H groups in total. The monoisotopic (exact) mass is 287 g/mol. The fraction of sp³-hybridized carbons (Fsp3) is 0.357. The van der Waals surface area contributed by atoms with Crippen LogP contribution in [0.1, 0.15) is 37.0 Å². The Hall–Kier alpha value is -1.95. The van der Waals surface area contributed by atoms with Crippen LogP contribution >= 0.6 is 11.3 Å². The lowest BCUT2D eigenvalue weighted by atomic mass is 10.2. The Bertz CT molecular complexity index is 689. The molecule has 0 saturated heterocycles. The average Bonchev–Trinajstić information content (AvgIpc) is 3.13. The van der Waals surface area contributed by atoms with Gasteiger partial charge in [0.25, 0.3) is 0 Å². The minimum atomic E-state index is 0.293. The first-order valence-electron chi connectivity index (χ1n) is 6.83. The van der Waals surface area contributed by atoms with E-state index in [4.69, 9.17) is 0 Å². The maximum atomic E-state index is 4.59. The Labute approximate surface area is 121 Å². The van der Waals surface area contributed by atoms with Crippen molar-refractivity contribution in [3.05, 3.63) is 40.3 Å². The van der Waals surface area contributed by atoms with Gasteiger partial charge in [-0.25, -0.2) is 0 Å². The van der Waals surface area contributed by atoms with Crippen LogP contribution in [-0.4, -0.2) is 19.8 Å². The van der Waals surface area contributed by atoms with Gasteiger partial charge in [0.1, 0.15) is 5.82 Å². The Morgan fingerprint density at radius 2 is 2.15 bits per heavy atom. The number of aromatic nitrogens is 4. The molecule has 1 unspecified atom stereocenters. The van der Waals surface area contributed by atoms with Crippen LogP contribution in [0, 0.1) is 0 Å². The molecule has 3 heterocycles. The summed E-state index contributed by atoms with van der Waals surface area (Å²) in [4.78, 5) is 1.33. The third-order valence-electron chi connectivity index (χ3n) is 3.26. The van der Waals surface area contributed by atoms with Gasteiger partial charge >= 0.3 is 0 Å². The number of nitrogens with zero attached hydrogens (tertiary/aromatic N) is 4. The van der Waals surface area contributed by atoms with Gasteiger partial charge in [0.2, 0.25) is 0 Å². The van der Waals surface area contributed by atoms with E-state index in [9.17, 15) is 0 Å². The molecule has 3 aromatic heterocycles. The van der Waals surface area contributed by atoms with E-state index in [2.05, 4.69) is 52.0 Å². The van der Waals surface area contributed by atoms with Crippen molar-refractivity contribution in [1.82, 2.24) is 19.8 Å². The van der Waals surface area contributed by atoms with Crippen LogP contribution < -0.4 is 5.32 Å². The van der Waals surface area contributed by atoms with Crippen molar-refractivity contribution in [2.24, 2.45) is 0 Å². The van der Waals surface area contributed by atoms with Crippen molar-refractivity contribution < 1.29 is 0 Å². The van der Waals surface area contributed by atoms with E-state index in [1.807, 2.05) is 16.6 Å². The third kappa shape index (κ3) is 2.38. The number of hydrogen-bond acceptors (Lipinski definition) is 5. The standard InChI is InChI=1S/C14H17N5S/c1-3-10(11-6-5-9-20-11)15-12-7-8-14-17-16-13(4-2)19(14)18-12/h5-10H,3-4H2,1-2H3,(H,15,18). The Kier molecular flexibility index (Phi) is 3.64. The second kappa shape index (κ2) is 5.58. The second-order valence-electron chi connectivity index (χ2n) is 4.58. The smallest absolute Gasteiger partial charge is 0.178 e.